The zero-order valence-electron chi connectivity index (χ0n) is 18.4. The summed E-state index contributed by atoms with van der Waals surface area (Å²) < 4.78 is 0. The Kier molecular flexibility index (Phi) is 8.65. The lowest BCUT2D eigenvalue weighted by molar-refractivity contribution is -0.137. The normalized spacial score (nSPS) is 15.0. The quantitative estimate of drug-likeness (QED) is 0.375. The molecule has 1 aromatic carbocycles. The summed E-state index contributed by atoms with van der Waals surface area (Å²) in [5.74, 6) is -2.61. The molecule has 1 aromatic rings. The van der Waals surface area contributed by atoms with E-state index in [0.29, 0.717) is 12.2 Å². The van der Waals surface area contributed by atoms with Gasteiger partial charge in [0.1, 0.15) is 12.1 Å². The molecule has 1 heterocycles. The molecule has 2 rings (SSSR count). The van der Waals surface area contributed by atoms with Crippen molar-refractivity contribution in [3.05, 3.63) is 42.0 Å². The van der Waals surface area contributed by atoms with Crippen LogP contribution < -0.4 is 21.7 Å². The molecule has 5 amide bonds. The van der Waals surface area contributed by atoms with Gasteiger partial charge < -0.3 is 21.7 Å². The van der Waals surface area contributed by atoms with Gasteiger partial charge in [-0.1, -0.05) is 26.0 Å². The highest BCUT2D eigenvalue weighted by Gasteiger charge is 2.28. The molecule has 32 heavy (non-hydrogen) atoms. The molecule has 172 valence electrons. The van der Waals surface area contributed by atoms with Crippen LogP contribution in [0.1, 0.15) is 32.8 Å². The summed E-state index contributed by atoms with van der Waals surface area (Å²) in [6.45, 7) is 5.37. The van der Waals surface area contributed by atoms with Crippen molar-refractivity contribution in [2.75, 3.05) is 11.9 Å². The number of amides is 5. The SMILES string of the molecule is CC(NC(=O)C(NC(=O)CCN1C(=O)C=CC1=O)C(C)C)C(=O)Nc1ccc(CN)cc1. The fraction of sp³-hybridized carbons (Fsp3) is 0.409. The van der Waals surface area contributed by atoms with Crippen molar-refractivity contribution >= 4 is 35.2 Å². The third-order valence-corrected chi connectivity index (χ3v) is 4.94. The van der Waals surface area contributed by atoms with Crippen molar-refractivity contribution < 1.29 is 24.0 Å². The molecule has 0 aliphatic carbocycles. The lowest BCUT2D eigenvalue weighted by atomic mass is 10.0. The van der Waals surface area contributed by atoms with E-state index in [1.165, 1.54) is 6.92 Å². The van der Waals surface area contributed by atoms with Crippen molar-refractivity contribution in [3.8, 4) is 0 Å². The molecule has 0 spiro atoms. The van der Waals surface area contributed by atoms with Gasteiger partial charge >= 0.3 is 0 Å². The molecule has 10 nitrogen and oxygen atoms in total. The van der Waals surface area contributed by atoms with Crippen LogP contribution in [0.25, 0.3) is 0 Å². The zero-order valence-corrected chi connectivity index (χ0v) is 18.4. The highest BCUT2D eigenvalue weighted by molar-refractivity contribution is 6.13. The molecule has 5 N–H and O–H groups in total. The largest absolute Gasteiger partial charge is 0.344 e. The molecule has 2 unspecified atom stereocenters. The second kappa shape index (κ2) is 11.2. The van der Waals surface area contributed by atoms with Crippen molar-refractivity contribution in [1.29, 1.82) is 0 Å². The molecule has 0 radical (unpaired) electrons. The minimum absolute atomic E-state index is 0.0787. The summed E-state index contributed by atoms with van der Waals surface area (Å²) in [5, 5.41) is 7.93. The molecular weight excluding hydrogens is 414 g/mol. The average Bonchev–Trinajstić information content (AvgIpc) is 3.07. The first kappa shape index (κ1) is 24.7. The van der Waals surface area contributed by atoms with E-state index < -0.39 is 41.6 Å². The summed E-state index contributed by atoms with van der Waals surface area (Å²) in [6.07, 6.45) is 2.15. The van der Waals surface area contributed by atoms with Gasteiger partial charge in [0.05, 0.1) is 0 Å². The maximum absolute atomic E-state index is 12.7. The molecule has 1 aliphatic heterocycles. The molecule has 0 fully saturated rings. The molecule has 1 aliphatic rings. The van der Waals surface area contributed by atoms with E-state index in [1.54, 1.807) is 38.1 Å². The topological polar surface area (TPSA) is 151 Å². The molecule has 0 bridgehead atoms. The van der Waals surface area contributed by atoms with Crippen molar-refractivity contribution in [2.45, 2.75) is 45.8 Å². The summed E-state index contributed by atoms with van der Waals surface area (Å²) in [6, 6.07) is 5.30. The number of benzene rings is 1. The number of nitrogens with zero attached hydrogens (tertiary/aromatic N) is 1. The number of rotatable bonds is 10. The number of carbonyl (C=O) groups excluding carboxylic acids is 5. The number of hydrogen-bond acceptors (Lipinski definition) is 6. The smallest absolute Gasteiger partial charge is 0.253 e. The standard InChI is InChI=1S/C22H29N5O5/c1-13(2)20(26-17(28)10-11-27-18(29)8-9-19(27)30)22(32)24-14(3)21(31)25-16-6-4-15(12-23)5-7-16/h4-9,13-14,20H,10-12,23H2,1-3H3,(H,24,32)(H,25,31)(H,26,28). The van der Waals surface area contributed by atoms with E-state index >= 15 is 0 Å². The third-order valence-electron chi connectivity index (χ3n) is 4.94. The monoisotopic (exact) mass is 443 g/mol. The van der Waals surface area contributed by atoms with Crippen LogP contribution in [-0.2, 0) is 30.5 Å². The number of imide groups is 1. The van der Waals surface area contributed by atoms with E-state index in [1.807, 2.05) is 0 Å². The van der Waals surface area contributed by atoms with Gasteiger partial charge in [0, 0.05) is 37.3 Å². The summed E-state index contributed by atoms with van der Waals surface area (Å²) in [7, 11) is 0. The molecule has 10 heteroatoms. The van der Waals surface area contributed by atoms with Crippen LogP contribution in [0.2, 0.25) is 0 Å². The second-order valence-corrected chi connectivity index (χ2v) is 7.82. The first-order valence-electron chi connectivity index (χ1n) is 10.4. The van der Waals surface area contributed by atoms with Gasteiger partial charge in [-0.2, -0.15) is 0 Å². The van der Waals surface area contributed by atoms with Gasteiger partial charge in [-0.15, -0.1) is 0 Å². The Bertz CT molecular complexity index is 892. The fourth-order valence-corrected chi connectivity index (χ4v) is 2.99. The highest BCUT2D eigenvalue weighted by Crippen LogP contribution is 2.10. The fourth-order valence-electron chi connectivity index (χ4n) is 2.99. The van der Waals surface area contributed by atoms with Crippen LogP contribution in [0, 0.1) is 5.92 Å². The van der Waals surface area contributed by atoms with Crippen LogP contribution in [0.15, 0.2) is 36.4 Å². The predicted octanol–water partition coefficient (Wildman–Crippen LogP) is 0.0444. The highest BCUT2D eigenvalue weighted by atomic mass is 16.2. The van der Waals surface area contributed by atoms with Crippen LogP contribution in [-0.4, -0.2) is 53.1 Å². The Balaban J connectivity index is 1.87. The first-order valence-corrected chi connectivity index (χ1v) is 10.4. The molecule has 0 aromatic heterocycles. The number of nitrogens with one attached hydrogen (secondary N) is 3. The Labute approximate surface area is 186 Å². The van der Waals surface area contributed by atoms with Crippen molar-refractivity contribution in [3.63, 3.8) is 0 Å². The summed E-state index contributed by atoms with van der Waals surface area (Å²) in [4.78, 5) is 61.5. The number of nitrogens with two attached hydrogens (primary N) is 1. The van der Waals surface area contributed by atoms with E-state index in [9.17, 15) is 24.0 Å². The lowest BCUT2D eigenvalue weighted by Gasteiger charge is -2.24. The summed E-state index contributed by atoms with van der Waals surface area (Å²) >= 11 is 0. The number of anilines is 1. The maximum atomic E-state index is 12.7. The van der Waals surface area contributed by atoms with E-state index in [-0.39, 0.29) is 18.9 Å². The van der Waals surface area contributed by atoms with Crippen molar-refractivity contribution in [2.24, 2.45) is 11.7 Å². The Morgan fingerprint density at radius 2 is 1.53 bits per heavy atom. The summed E-state index contributed by atoms with van der Waals surface area (Å²) in [5.41, 5.74) is 7.05. The molecule has 0 saturated heterocycles. The van der Waals surface area contributed by atoms with Gasteiger partial charge in [-0.05, 0) is 30.5 Å². The van der Waals surface area contributed by atoms with Gasteiger partial charge in [0.15, 0.2) is 0 Å². The van der Waals surface area contributed by atoms with Gasteiger partial charge in [0.25, 0.3) is 11.8 Å². The average molecular weight is 444 g/mol. The Hall–Kier alpha value is -3.53. The van der Waals surface area contributed by atoms with E-state index in [2.05, 4.69) is 16.0 Å². The first-order chi connectivity index (χ1) is 15.1. The number of hydrogen-bond donors (Lipinski definition) is 4. The Morgan fingerprint density at radius 1 is 0.938 bits per heavy atom. The minimum Gasteiger partial charge on any atom is -0.344 e. The van der Waals surface area contributed by atoms with Crippen LogP contribution in [0.4, 0.5) is 5.69 Å². The second-order valence-electron chi connectivity index (χ2n) is 7.82. The number of carbonyl (C=O) groups is 5. The molecule has 0 saturated carbocycles. The van der Waals surface area contributed by atoms with E-state index in [0.717, 1.165) is 22.6 Å². The van der Waals surface area contributed by atoms with Gasteiger partial charge in [-0.25, -0.2) is 0 Å². The molecule has 2 atom stereocenters. The van der Waals surface area contributed by atoms with Gasteiger partial charge in [-0.3, -0.25) is 28.9 Å². The van der Waals surface area contributed by atoms with Crippen LogP contribution in [0.3, 0.4) is 0 Å². The third kappa shape index (κ3) is 6.74. The van der Waals surface area contributed by atoms with Crippen molar-refractivity contribution in [1.82, 2.24) is 15.5 Å². The Morgan fingerprint density at radius 3 is 2.06 bits per heavy atom. The zero-order chi connectivity index (χ0) is 23.8. The van der Waals surface area contributed by atoms with Gasteiger partial charge in [0.2, 0.25) is 17.7 Å². The molecular formula is C22H29N5O5. The lowest BCUT2D eigenvalue weighted by Crippen LogP contribution is -2.54. The van der Waals surface area contributed by atoms with Crippen LogP contribution in [0.5, 0.6) is 0 Å². The van der Waals surface area contributed by atoms with E-state index in [4.69, 9.17) is 5.73 Å². The predicted molar refractivity (Wildman–Crippen MR) is 118 cm³/mol. The maximum Gasteiger partial charge on any atom is 0.253 e. The van der Waals surface area contributed by atoms with Crippen LogP contribution >= 0.6 is 0 Å². The minimum atomic E-state index is -0.885.